The second kappa shape index (κ2) is 9.80. The number of pyridine rings is 2. The van der Waals surface area contributed by atoms with Gasteiger partial charge in [0.1, 0.15) is 39.4 Å². The van der Waals surface area contributed by atoms with Gasteiger partial charge in [0.2, 0.25) is 0 Å². The third-order valence-electron chi connectivity index (χ3n) is 7.46. The molecule has 4 heterocycles. The van der Waals surface area contributed by atoms with E-state index in [1.165, 1.54) is 37.3 Å². The number of piperazine rings is 1. The van der Waals surface area contributed by atoms with Gasteiger partial charge in [0.25, 0.3) is 5.91 Å². The van der Waals surface area contributed by atoms with Crippen molar-refractivity contribution in [2.45, 2.75) is 32.3 Å². The van der Waals surface area contributed by atoms with Crippen molar-refractivity contribution in [3.05, 3.63) is 58.3 Å². The monoisotopic (exact) mass is 557 g/mol. The van der Waals surface area contributed by atoms with E-state index < -0.39 is 5.60 Å². The van der Waals surface area contributed by atoms with E-state index >= 15 is 0 Å². The van der Waals surface area contributed by atoms with Gasteiger partial charge in [-0.1, -0.05) is 11.3 Å². The minimum atomic E-state index is -1.39. The second-order valence-electron chi connectivity index (χ2n) is 10.6. The number of thiazole rings is 1. The first-order valence-electron chi connectivity index (χ1n) is 13.1. The largest absolute Gasteiger partial charge is 0.381 e. The lowest BCUT2D eigenvalue weighted by Gasteiger charge is -2.37. The van der Waals surface area contributed by atoms with Crippen molar-refractivity contribution in [3.8, 4) is 17.3 Å². The Hall–Kier alpha value is -4.14. The lowest BCUT2D eigenvalue weighted by Crippen LogP contribution is -2.54. The average Bonchev–Trinajstić information content (AvgIpc) is 3.37. The molecule has 1 amide bonds. The number of aromatic nitrogens is 3. The molecule has 0 unspecified atom stereocenters. The lowest BCUT2D eigenvalue weighted by molar-refractivity contribution is -0.148. The quantitative estimate of drug-likeness (QED) is 0.392. The molecule has 1 aromatic carbocycles. The van der Waals surface area contributed by atoms with Crippen LogP contribution in [-0.4, -0.2) is 69.7 Å². The van der Waals surface area contributed by atoms with Gasteiger partial charge in [-0.25, -0.2) is 14.4 Å². The highest BCUT2D eigenvalue weighted by molar-refractivity contribution is 7.16. The molecule has 11 heteroatoms. The smallest absolute Gasteiger partial charge is 0.254 e. The van der Waals surface area contributed by atoms with Gasteiger partial charge < -0.3 is 19.8 Å². The number of benzene rings is 1. The predicted octanol–water partition coefficient (Wildman–Crippen LogP) is 4.05. The summed E-state index contributed by atoms with van der Waals surface area (Å²) in [7, 11) is 1.93. The number of halogens is 1. The first kappa shape index (κ1) is 26.1. The van der Waals surface area contributed by atoms with Gasteiger partial charge >= 0.3 is 0 Å². The standard InChI is InChI=1S/C29H28FN7O2S/c1-29(2,39)27(38)37-14-12-36(13-15-37)23-11-10-21-25(33-23)26(19-8-9-20(19)32-21)35(3)28-34-24(22(16-31)40-28)17-4-6-18(30)7-5-17/h4-7,10-11,39H,8-9,12-15H2,1-3H3. The van der Waals surface area contributed by atoms with Crippen molar-refractivity contribution in [2.75, 3.05) is 43.0 Å². The molecule has 204 valence electrons. The number of carbonyl (C=O) groups excluding carboxylic acids is 1. The molecule has 1 fully saturated rings. The maximum absolute atomic E-state index is 13.5. The van der Waals surface area contributed by atoms with Crippen LogP contribution in [0.2, 0.25) is 0 Å². The molecule has 0 radical (unpaired) electrons. The molecule has 0 spiro atoms. The van der Waals surface area contributed by atoms with Crippen molar-refractivity contribution in [3.63, 3.8) is 0 Å². The minimum Gasteiger partial charge on any atom is -0.381 e. The van der Waals surface area contributed by atoms with E-state index in [0.717, 1.165) is 46.6 Å². The van der Waals surface area contributed by atoms with Crippen LogP contribution in [0.1, 0.15) is 30.0 Å². The van der Waals surface area contributed by atoms with E-state index in [9.17, 15) is 19.6 Å². The van der Waals surface area contributed by atoms with Crippen molar-refractivity contribution < 1.29 is 14.3 Å². The number of fused-ring (bicyclic) bond motifs is 2. The summed E-state index contributed by atoms with van der Waals surface area (Å²) in [6.07, 6.45) is 1.77. The van der Waals surface area contributed by atoms with Crippen LogP contribution in [0.4, 0.5) is 21.0 Å². The topological polar surface area (TPSA) is 109 Å². The fraction of sp³-hybridized carbons (Fsp3) is 0.345. The summed E-state index contributed by atoms with van der Waals surface area (Å²) in [6, 6.07) is 12.2. The first-order chi connectivity index (χ1) is 19.1. The van der Waals surface area contributed by atoms with Gasteiger partial charge in [-0.3, -0.25) is 9.78 Å². The number of hydrogen-bond acceptors (Lipinski definition) is 9. The Morgan fingerprint density at radius 2 is 1.80 bits per heavy atom. The Balaban J connectivity index is 1.35. The van der Waals surface area contributed by atoms with Gasteiger partial charge in [0.05, 0.1) is 11.2 Å². The molecule has 9 nitrogen and oxygen atoms in total. The summed E-state index contributed by atoms with van der Waals surface area (Å²) >= 11 is 1.29. The maximum atomic E-state index is 13.5. The predicted molar refractivity (Wildman–Crippen MR) is 152 cm³/mol. The van der Waals surface area contributed by atoms with Crippen molar-refractivity contribution in [1.82, 2.24) is 19.9 Å². The zero-order valence-electron chi connectivity index (χ0n) is 22.5. The number of nitriles is 1. The van der Waals surface area contributed by atoms with E-state index in [4.69, 9.17) is 15.0 Å². The summed E-state index contributed by atoms with van der Waals surface area (Å²) in [6.45, 7) is 5.22. The molecule has 0 bridgehead atoms. The fourth-order valence-corrected chi connectivity index (χ4v) is 6.08. The van der Waals surface area contributed by atoms with Crippen molar-refractivity contribution in [1.29, 1.82) is 5.26 Å². The summed E-state index contributed by atoms with van der Waals surface area (Å²) in [5.41, 5.74) is 4.45. The highest BCUT2D eigenvalue weighted by atomic mass is 32.1. The molecule has 2 aliphatic rings. The third kappa shape index (κ3) is 4.53. The van der Waals surface area contributed by atoms with Gasteiger partial charge in [0, 0.05) is 50.0 Å². The van der Waals surface area contributed by atoms with Crippen LogP contribution in [0, 0.1) is 17.1 Å². The van der Waals surface area contributed by atoms with E-state index in [0.29, 0.717) is 47.4 Å². The van der Waals surface area contributed by atoms with Crippen LogP contribution >= 0.6 is 11.3 Å². The Labute approximate surface area is 235 Å². The normalized spacial score (nSPS) is 15.0. The van der Waals surface area contributed by atoms with Crippen molar-refractivity contribution in [2.24, 2.45) is 0 Å². The summed E-state index contributed by atoms with van der Waals surface area (Å²) in [4.78, 5) is 33.5. The first-order valence-corrected chi connectivity index (χ1v) is 14.0. The highest BCUT2D eigenvalue weighted by Gasteiger charge is 2.32. The van der Waals surface area contributed by atoms with Crippen LogP contribution in [0.5, 0.6) is 0 Å². The summed E-state index contributed by atoms with van der Waals surface area (Å²) < 4.78 is 13.5. The van der Waals surface area contributed by atoms with E-state index in [1.54, 1.807) is 17.0 Å². The summed E-state index contributed by atoms with van der Waals surface area (Å²) in [5, 5.41) is 20.6. The molecule has 4 aromatic rings. The number of anilines is 3. The zero-order chi connectivity index (χ0) is 28.2. The highest BCUT2D eigenvalue weighted by Crippen LogP contribution is 2.42. The minimum absolute atomic E-state index is 0.272. The van der Waals surface area contributed by atoms with Gasteiger partial charge in [-0.05, 0) is 63.1 Å². The van der Waals surface area contributed by atoms with Crippen LogP contribution in [0.15, 0.2) is 36.4 Å². The zero-order valence-corrected chi connectivity index (χ0v) is 23.3. The molecule has 3 aromatic heterocycles. The number of rotatable bonds is 5. The van der Waals surface area contributed by atoms with Gasteiger partial charge in [-0.15, -0.1) is 0 Å². The molecule has 1 aliphatic carbocycles. The number of aryl methyl sites for hydroxylation is 1. The van der Waals surface area contributed by atoms with E-state index in [1.807, 2.05) is 24.1 Å². The van der Waals surface area contributed by atoms with Crippen LogP contribution in [0.25, 0.3) is 22.3 Å². The molecule has 1 N–H and O–H groups in total. The van der Waals surface area contributed by atoms with Gasteiger partial charge in [0.15, 0.2) is 5.13 Å². The second-order valence-corrected chi connectivity index (χ2v) is 11.6. The molecule has 40 heavy (non-hydrogen) atoms. The Morgan fingerprint density at radius 1 is 1.07 bits per heavy atom. The van der Waals surface area contributed by atoms with Crippen molar-refractivity contribution >= 4 is 44.9 Å². The molecule has 1 saturated heterocycles. The Morgan fingerprint density at radius 3 is 2.42 bits per heavy atom. The molecule has 0 saturated carbocycles. The van der Waals surface area contributed by atoms with Gasteiger partial charge in [-0.2, -0.15) is 5.26 Å². The number of aliphatic hydroxyl groups is 1. The third-order valence-corrected chi connectivity index (χ3v) is 8.49. The average molecular weight is 558 g/mol. The molecule has 1 aliphatic heterocycles. The number of amides is 1. The van der Waals surface area contributed by atoms with Crippen LogP contribution in [-0.2, 0) is 17.6 Å². The molecule has 6 rings (SSSR count). The number of hydrogen-bond donors (Lipinski definition) is 1. The Bertz CT molecular complexity index is 1670. The fourth-order valence-electron chi connectivity index (χ4n) is 5.22. The van der Waals surface area contributed by atoms with Crippen LogP contribution < -0.4 is 9.80 Å². The molecular weight excluding hydrogens is 529 g/mol. The Kier molecular flexibility index (Phi) is 6.40. The van der Waals surface area contributed by atoms with E-state index in [2.05, 4.69) is 11.0 Å². The number of carbonyl (C=O) groups is 1. The molecule has 0 atom stereocenters. The SMILES string of the molecule is CN(c1nc(-c2ccc(F)cc2)c(C#N)s1)c1c2c(nc3ccc(N4CCN(C(=O)C(C)(C)O)CC4)nc13)CC2. The summed E-state index contributed by atoms with van der Waals surface area (Å²) in [5.74, 6) is 0.179. The van der Waals surface area contributed by atoms with E-state index in [-0.39, 0.29) is 11.7 Å². The number of nitrogens with zero attached hydrogens (tertiary/aromatic N) is 7. The molecular formula is C29H28FN7O2S. The lowest BCUT2D eigenvalue weighted by atomic mass is 9.91. The van der Waals surface area contributed by atoms with Crippen LogP contribution in [0.3, 0.4) is 0 Å². The maximum Gasteiger partial charge on any atom is 0.254 e.